The predicted molar refractivity (Wildman–Crippen MR) is 72.3 cm³/mol. The molecular formula is C15H22O3. The van der Waals surface area contributed by atoms with E-state index in [9.17, 15) is 9.90 Å². The predicted octanol–water partition coefficient (Wildman–Crippen LogP) is 3.07. The Morgan fingerprint density at radius 3 is 2.56 bits per heavy atom. The van der Waals surface area contributed by atoms with Crippen molar-refractivity contribution in [3.8, 4) is 0 Å². The lowest BCUT2D eigenvalue weighted by molar-refractivity contribution is -0.131. The van der Waals surface area contributed by atoms with Gasteiger partial charge in [-0.05, 0) is 43.9 Å². The number of carbonyl (C=O) groups is 1. The molecule has 0 aromatic carbocycles. The van der Waals surface area contributed by atoms with Gasteiger partial charge >= 0.3 is 5.97 Å². The fourth-order valence-electron chi connectivity index (χ4n) is 2.38. The second-order valence-electron chi connectivity index (χ2n) is 5.64. The van der Waals surface area contributed by atoms with Gasteiger partial charge in [0.05, 0.1) is 0 Å². The summed E-state index contributed by atoms with van der Waals surface area (Å²) in [6, 6.07) is 0. The van der Waals surface area contributed by atoms with Crippen molar-refractivity contribution < 1.29 is 15.0 Å². The third-order valence-corrected chi connectivity index (χ3v) is 3.79. The lowest BCUT2D eigenvalue weighted by atomic mass is 9.65. The summed E-state index contributed by atoms with van der Waals surface area (Å²) in [5, 5.41) is 19.5. The first-order chi connectivity index (χ1) is 8.19. The van der Waals surface area contributed by atoms with Gasteiger partial charge < -0.3 is 10.2 Å². The standard InChI is InChI=1S/C15H22O3/c1-11(10-13(16)17)7-9-15(18)12(2)6-5-8-14(15,3)4/h6-7,9-10,18H,5,8H2,1-4H3,(H,16,17)/b9-7+,11-10-/t15-/m1/s1. The Balaban J connectivity index is 3.05. The summed E-state index contributed by atoms with van der Waals surface area (Å²) in [5.41, 5.74) is 0.299. The summed E-state index contributed by atoms with van der Waals surface area (Å²) >= 11 is 0. The molecule has 0 heterocycles. The molecule has 2 N–H and O–H groups in total. The maximum absolute atomic E-state index is 10.8. The van der Waals surface area contributed by atoms with Crippen molar-refractivity contribution >= 4 is 5.97 Å². The van der Waals surface area contributed by atoms with Crippen LogP contribution in [0.3, 0.4) is 0 Å². The van der Waals surface area contributed by atoms with Crippen LogP contribution >= 0.6 is 0 Å². The Bertz CT molecular complexity index is 427. The van der Waals surface area contributed by atoms with Gasteiger partial charge in [-0.25, -0.2) is 4.79 Å². The number of hydrogen-bond acceptors (Lipinski definition) is 2. The van der Waals surface area contributed by atoms with Crippen molar-refractivity contribution in [2.45, 2.75) is 46.1 Å². The summed E-state index contributed by atoms with van der Waals surface area (Å²) < 4.78 is 0. The first-order valence-electron chi connectivity index (χ1n) is 6.19. The molecule has 1 rings (SSSR count). The Morgan fingerprint density at radius 2 is 2.06 bits per heavy atom. The molecule has 0 unspecified atom stereocenters. The van der Waals surface area contributed by atoms with Crippen LogP contribution in [0.4, 0.5) is 0 Å². The van der Waals surface area contributed by atoms with Gasteiger partial charge in [0.1, 0.15) is 5.60 Å². The molecule has 0 spiro atoms. The van der Waals surface area contributed by atoms with Gasteiger partial charge in [-0.3, -0.25) is 0 Å². The second kappa shape index (κ2) is 5.11. The van der Waals surface area contributed by atoms with E-state index >= 15 is 0 Å². The molecule has 0 aromatic heterocycles. The van der Waals surface area contributed by atoms with Crippen LogP contribution in [0.1, 0.15) is 40.5 Å². The number of aliphatic hydroxyl groups is 1. The number of carboxylic acid groups (broad SMARTS) is 1. The maximum Gasteiger partial charge on any atom is 0.328 e. The van der Waals surface area contributed by atoms with Crippen LogP contribution in [0, 0.1) is 5.41 Å². The van der Waals surface area contributed by atoms with Crippen molar-refractivity contribution in [1.82, 2.24) is 0 Å². The highest BCUT2D eigenvalue weighted by molar-refractivity contribution is 5.81. The van der Waals surface area contributed by atoms with E-state index in [1.54, 1.807) is 19.1 Å². The number of allylic oxidation sites excluding steroid dienone is 3. The van der Waals surface area contributed by atoms with Crippen LogP contribution in [0.15, 0.2) is 35.5 Å². The zero-order valence-corrected chi connectivity index (χ0v) is 11.5. The molecule has 18 heavy (non-hydrogen) atoms. The molecular weight excluding hydrogens is 228 g/mol. The van der Waals surface area contributed by atoms with Gasteiger partial charge in [0, 0.05) is 11.5 Å². The minimum absolute atomic E-state index is 0.244. The zero-order valence-electron chi connectivity index (χ0n) is 11.5. The van der Waals surface area contributed by atoms with E-state index in [0.717, 1.165) is 24.5 Å². The molecule has 0 aromatic rings. The Morgan fingerprint density at radius 1 is 1.44 bits per heavy atom. The minimum Gasteiger partial charge on any atom is -0.478 e. The topological polar surface area (TPSA) is 57.5 Å². The average molecular weight is 250 g/mol. The quantitative estimate of drug-likeness (QED) is 0.460. The van der Waals surface area contributed by atoms with Crippen LogP contribution in [0.2, 0.25) is 0 Å². The van der Waals surface area contributed by atoms with Crippen molar-refractivity contribution in [3.63, 3.8) is 0 Å². The first-order valence-corrected chi connectivity index (χ1v) is 6.19. The molecule has 3 nitrogen and oxygen atoms in total. The van der Waals surface area contributed by atoms with Crippen LogP contribution in [0.5, 0.6) is 0 Å². The molecule has 100 valence electrons. The molecule has 1 aliphatic carbocycles. The fourth-order valence-corrected chi connectivity index (χ4v) is 2.38. The van der Waals surface area contributed by atoms with Crippen molar-refractivity contribution in [1.29, 1.82) is 0 Å². The summed E-state index contributed by atoms with van der Waals surface area (Å²) in [4.78, 5) is 10.5. The van der Waals surface area contributed by atoms with Crippen molar-refractivity contribution in [2.75, 3.05) is 0 Å². The maximum atomic E-state index is 10.8. The highest BCUT2D eigenvalue weighted by Gasteiger charge is 2.44. The lowest BCUT2D eigenvalue weighted by Crippen LogP contribution is -2.45. The van der Waals surface area contributed by atoms with E-state index in [2.05, 4.69) is 0 Å². The molecule has 0 saturated heterocycles. The normalized spacial score (nSPS) is 28.3. The van der Waals surface area contributed by atoms with E-state index in [0.29, 0.717) is 5.57 Å². The highest BCUT2D eigenvalue weighted by Crippen LogP contribution is 2.45. The van der Waals surface area contributed by atoms with E-state index in [1.165, 1.54) is 0 Å². The zero-order chi connectivity index (χ0) is 14.0. The summed E-state index contributed by atoms with van der Waals surface area (Å²) in [6.07, 6.45) is 8.46. The van der Waals surface area contributed by atoms with Crippen molar-refractivity contribution in [2.24, 2.45) is 5.41 Å². The summed E-state index contributed by atoms with van der Waals surface area (Å²) in [6.45, 7) is 7.69. The number of aliphatic carboxylic acids is 1. The van der Waals surface area contributed by atoms with E-state index < -0.39 is 11.6 Å². The van der Waals surface area contributed by atoms with Gasteiger partial charge in [-0.2, -0.15) is 0 Å². The van der Waals surface area contributed by atoms with E-state index in [4.69, 9.17) is 5.11 Å². The van der Waals surface area contributed by atoms with Crippen LogP contribution in [-0.4, -0.2) is 21.8 Å². The Kier molecular flexibility index (Phi) is 4.17. The van der Waals surface area contributed by atoms with Crippen LogP contribution in [0.25, 0.3) is 0 Å². The van der Waals surface area contributed by atoms with Gasteiger partial charge in [-0.1, -0.05) is 26.0 Å². The molecule has 0 saturated carbocycles. The van der Waals surface area contributed by atoms with Crippen molar-refractivity contribution in [3.05, 3.63) is 35.5 Å². The first kappa shape index (κ1) is 14.7. The van der Waals surface area contributed by atoms with Gasteiger partial charge in [-0.15, -0.1) is 0 Å². The molecule has 1 aliphatic rings. The largest absolute Gasteiger partial charge is 0.478 e. The van der Waals surface area contributed by atoms with Crippen LogP contribution < -0.4 is 0 Å². The van der Waals surface area contributed by atoms with Gasteiger partial charge in [0.15, 0.2) is 0 Å². The molecule has 1 atom stereocenters. The Hall–Kier alpha value is -1.35. The molecule has 0 radical (unpaired) electrons. The second-order valence-corrected chi connectivity index (χ2v) is 5.64. The van der Waals surface area contributed by atoms with Gasteiger partial charge in [0.25, 0.3) is 0 Å². The third-order valence-electron chi connectivity index (χ3n) is 3.79. The number of hydrogen-bond donors (Lipinski definition) is 2. The lowest BCUT2D eigenvalue weighted by Gasteiger charge is -2.44. The molecule has 0 amide bonds. The monoisotopic (exact) mass is 250 g/mol. The van der Waals surface area contributed by atoms with E-state index in [-0.39, 0.29) is 5.41 Å². The van der Waals surface area contributed by atoms with Crippen LogP contribution in [-0.2, 0) is 4.79 Å². The minimum atomic E-state index is -1.00. The molecule has 0 aliphatic heterocycles. The molecule has 0 fully saturated rings. The SMILES string of the molecule is CC1=CCCC(C)(C)[C@@]1(O)/C=C/C(C)=C\C(=O)O. The summed E-state index contributed by atoms with van der Waals surface area (Å²) in [5.74, 6) is -0.973. The van der Waals surface area contributed by atoms with E-state index in [1.807, 2.05) is 26.8 Å². The number of rotatable bonds is 3. The smallest absolute Gasteiger partial charge is 0.328 e. The van der Waals surface area contributed by atoms with Gasteiger partial charge in [0.2, 0.25) is 0 Å². The fraction of sp³-hybridized carbons (Fsp3) is 0.533. The third kappa shape index (κ3) is 2.91. The average Bonchev–Trinajstić information content (AvgIpc) is 2.22. The summed E-state index contributed by atoms with van der Waals surface area (Å²) in [7, 11) is 0. The Labute approximate surface area is 109 Å². The number of carboxylic acids is 1. The highest BCUT2D eigenvalue weighted by atomic mass is 16.4. The molecule has 3 heteroatoms. The molecule has 0 bridgehead atoms.